The molecular formula is C16H18Cl2N2. The number of pyridine rings is 1. The molecule has 20 heavy (non-hydrogen) atoms. The Hall–Kier alpha value is -1.09. The van der Waals surface area contributed by atoms with Crippen LogP contribution in [0, 0.1) is 0 Å². The monoisotopic (exact) mass is 308 g/mol. The highest BCUT2D eigenvalue weighted by molar-refractivity contribution is 6.33. The molecule has 0 aliphatic heterocycles. The van der Waals surface area contributed by atoms with Crippen molar-refractivity contribution in [1.82, 2.24) is 10.3 Å². The Kier molecular flexibility index (Phi) is 5.84. The summed E-state index contributed by atoms with van der Waals surface area (Å²) >= 11 is 12.4. The number of aryl methyl sites for hydroxylation is 1. The fourth-order valence-corrected chi connectivity index (χ4v) is 2.69. The van der Waals surface area contributed by atoms with Gasteiger partial charge in [-0.3, -0.25) is 4.98 Å². The third-order valence-electron chi connectivity index (χ3n) is 3.26. The van der Waals surface area contributed by atoms with Crippen LogP contribution in [0.4, 0.5) is 0 Å². The molecule has 1 unspecified atom stereocenters. The van der Waals surface area contributed by atoms with E-state index in [2.05, 4.69) is 17.2 Å². The second-order valence-corrected chi connectivity index (χ2v) is 5.51. The molecule has 0 spiro atoms. The van der Waals surface area contributed by atoms with Gasteiger partial charge in [-0.25, -0.2) is 0 Å². The van der Waals surface area contributed by atoms with Crippen LogP contribution in [0.25, 0.3) is 0 Å². The van der Waals surface area contributed by atoms with Crippen LogP contribution in [0.1, 0.15) is 30.5 Å². The first-order chi connectivity index (χ1) is 9.70. The zero-order chi connectivity index (χ0) is 14.4. The summed E-state index contributed by atoms with van der Waals surface area (Å²) < 4.78 is 0. The lowest BCUT2D eigenvalue weighted by atomic mass is 9.99. The van der Waals surface area contributed by atoms with Crippen molar-refractivity contribution in [3.63, 3.8) is 0 Å². The lowest BCUT2D eigenvalue weighted by Crippen LogP contribution is -2.21. The lowest BCUT2D eigenvalue weighted by molar-refractivity contribution is 0.515. The number of rotatable bonds is 6. The fraction of sp³-hybridized carbons (Fsp3) is 0.312. The van der Waals surface area contributed by atoms with Gasteiger partial charge in [0.1, 0.15) is 0 Å². The Morgan fingerprint density at radius 2 is 1.90 bits per heavy atom. The molecule has 0 saturated heterocycles. The van der Waals surface area contributed by atoms with Gasteiger partial charge in [-0.15, -0.1) is 0 Å². The molecule has 0 aliphatic rings. The lowest BCUT2D eigenvalue weighted by Gasteiger charge is -2.20. The Morgan fingerprint density at radius 1 is 1.15 bits per heavy atom. The quantitative estimate of drug-likeness (QED) is 0.838. The molecule has 106 valence electrons. The molecule has 0 fully saturated rings. The maximum absolute atomic E-state index is 6.30. The average Bonchev–Trinajstić information content (AvgIpc) is 2.47. The summed E-state index contributed by atoms with van der Waals surface area (Å²) in [5, 5.41) is 4.96. The van der Waals surface area contributed by atoms with Gasteiger partial charge < -0.3 is 5.32 Å². The molecule has 1 atom stereocenters. The molecule has 0 amide bonds. The molecule has 0 bridgehead atoms. The summed E-state index contributed by atoms with van der Waals surface area (Å²) in [6.45, 7) is 2.99. The smallest absolute Gasteiger partial charge is 0.0454 e. The molecule has 2 aromatic rings. The van der Waals surface area contributed by atoms with Crippen molar-refractivity contribution in [3.8, 4) is 0 Å². The normalized spacial score (nSPS) is 12.3. The summed E-state index contributed by atoms with van der Waals surface area (Å²) in [5.74, 6) is 0. The first kappa shape index (κ1) is 15.3. The van der Waals surface area contributed by atoms with Crippen molar-refractivity contribution in [3.05, 3.63) is 63.9 Å². The van der Waals surface area contributed by atoms with Crippen molar-refractivity contribution < 1.29 is 0 Å². The number of nitrogens with one attached hydrogen (secondary N) is 1. The van der Waals surface area contributed by atoms with Crippen LogP contribution in [0.15, 0.2) is 42.7 Å². The Balaban J connectivity index is 2.12. The summed E-state index contributed by atoms with van der Waals surface area (Å²) in [6, 6.07) is 9.92. The van der Waals surface area contributed by atoms with E-state index in [1.54, 1.807) is 0 Å². The third kappa shape index (κ3) is 4.20. The first-order valence-electron chi connectivity index (χ1n) is 6.78. The SMILES string of the molecule is CCNC(CCc1ccncc1)c1cc(Cl)ccc1Cl. The van der Waals surface area contributed by atoms with Crippen LogP contribution in [0.5, 0.6) is 0 Å². The molecule has 2 rings (SSSR count). The molecule has 1 N–H and O–H groups in total. The standard InChI is InChI=1S/C16H18Cl2N2/c1-2-20-16(6-3-12-7-9-19-10-8-12)14-11-13(17)4-5-15(14)18/h4-5,7-11,16,20H,2-3,6H2,1H3. The predicted molar refractivity (Wildman–Crippen MR) is 85.4 cm³/mol. The van der Waals surface area contributed by atoms with E-state index in [4.69, 9.17) is 23.2 Å². The third-order valence-corrected chi connectivity index (χ3v) is 3.83. The molecule has 1 aromatic heterocycles. The van der Waals surface area contributed by atoms with E-state index in [0.717, 1.165) is 35.0 Å². The molecular weight excluding hydrogens is 291 g/mol. The number of aromatic nitrogens is 1. The van der Waals surface area contributed by atoms with Gasteiger partial charge in [-0.2, -0.15) is 0 Å². The van der Waals surface area contributed by atoms with Crippen molar-refractivity contribution in [1.29, 1.82) is 0 Å². The highest BCUT2D eigenvalue weighted by Gasteiger charge is 2.14. The van der Waals surface area contributed by atoms with Gasteiger partial charge in [0, 0.05) is 28.5 Å². The van der Waals surface area contributed by atoms with Crippen LogP contribution in [0.3, 0.4) is 0 Å². The minimum Gasteiger partial charge on any atom is -0.310 e. The van der Waals surface area contributed by atoms with E-state index < -0.39 is 0 Å². The molecule has 0 aliphatic carbocycles. The van der Waals surface area contributed by atoms with E-state index in [9.17, 15) is 0 Å². The number of hydrogen-bond acceptors (Lipinski definition) is 2. The van der Waals surface area contributed by atoms with Gasteiger partial charge in [0.2, 0.25) is 0 Å². The van der Waals surface area contributed by atoms with E-state index in [1.165, 1.54) is 5.56 Å². The van der Waals surface area contributed by atoms with Gasteiger partial charge in [0.15, 0.2) is 0 Å². The minimum absolute atomic E-state index is 0.208. The van der Waals surface area contributed by atoms with Crippen molar-refractivity contribution in [2.24, 2.45) is 0 Å². The van der Waals surface area contributed by atoms with Crippen molar-refractivity contribution >= 4 is 23.2 Å². The zero-order valence-electron chi connectivity index (χ0n) is 11.4. The van der Waals surface area contributed by atoms with Crippen LogP contribution in [0.2, 0.25) is 10.0 Å². The highest BCUT2D eigenvalue weighted by Crippen LogP contribution is 2.29. The van der Waals surface area contributed by atoms with Crippen LogP contribution < -0.4 is 5.32 Å². The number of halogens is 2. The molecule has 1 heterocycles. The van der Waals surface area contributed by atoms with Crippen molar-refractivity contribution in [2.75, 3.05) is 6.54 Å². The molecule has 0 radical (unpaired) electrons. The highest BCUT2D eigenvalue weighted by atomic mass is 35.5. The van der Waals surface area contributed by atoms with Gasteiger partial charge in [-0.05, 0) is 60.8 Å². The maximum Gasteiger partial charge on any atom is 0.0454 e. The Labute approximate surface area is 130 Å². The maximum atomic E-state index is 6.30. The minimum atomic E-state index is 0.208. The number of nitrogens with zero attached hydrogens (tertiary/aromatic N) is 1. The second-order valence-electron chi connectivity index (χ2n) is 4.67. The van der Waals surface area contributed by atoms with Gasteiger partial charge >= 0.3 is 0 Å². The van der Waals surface area contributed by atoms with E-state index >= 15 is 0 Å². The van der Waals surface area contributed by atoms with Crippen LogP contribution in [-0.4, -0.2) is 11.5 Å². The second kappa shape index (κ2) is 7.63. The average molecular weight is 309 g/mol. The van der Waals surface area contributed by atoms with Crippen LogP contribution >= 0.6 is 23.2 Å². The molecule has 0 saturated carbocycles. The number of hydrogen-bond donors (Lipinski definition) is 1. The summed E-state index contributed by atoms with van der Waals surface area (Å²) in [5.41, 5.74) is 2.34. The van der Waals surface area contributed by atoms with Crippen molar-refractivity contribution in [2.45, 2.75) is 25.8 Å². The van der Waals surface area contributed by atoms with Crippen LogP contribution in [-0.2, 0) is 6.42 Å². The fourth-order valence-electron chi connectivity index (χ4n) is 2.26. The predicted octanol–water partition coefficient (Wildman–Crippen LogP) is 4.67. The molecule has 1 aromatic carbocycles. The largest absolute Gasteiger partial charge is 0.310 e. The summed E-state index contributed by atoms with van der Waals surface area (Å²) in [7, 11) is 0. The first-order valence-corrected chi connectivity index (χ1v) is 7.53. The summed E-state index contributed by atoms with van der Waals surface area (Å²) in [6.07, 6.45) is 5.59. The van der Waals surface area contributed by atoms with E-state index in [-0.39, 0.29) is 6.04 Å². The Morgan fingerprint density at radius 3 is 2.60 bits per heavy atom. The summed E-state index contributed by atoms with van der Waals surface area (Å²) in [4.78, 5) is 4.04. The van der Waals surface area contributed by atoms with Gasteiger partial charge in [0.05, 0.1) is 0 Å². The molecule has 4 heteroatoms. The van der Waals surface area contributed by atoms with Gasteiger partial charge in [0.25, 0.3) is 0 Å². The topological polar surface area (TPSA) is 24.9 Å². The number of benzene rings is 1. The Bertz CT molecular complexity index is 543. The zero-order valence-corrected chi connectivity index (χ0v) is 13.0. The van der Waals surface area contributed by atoms with E-state index in [0.29, 0.717) is 0 Å². The molecule has 2 nitrogen and oxygen atoms in total. The van der Waals surface area contributed by atoms with Gasteiger partial charge in [-0.1, -0.05) is 30.1 Å². The van der Waals surface area contributed by atoms with E-state index in [1.807, 2.05) is 42.7 Å².